The van der Waals surface area contributed by atoms with Crippen LogP contribution < -0.4 is 17.2 Å². The smallest absolute Gasteiger partial charge is 0.345 e. The van der Waals surface area contributed by atoms with E-state index in [2.05, 4.69) is 4.99 Å². The van der Waals surface area contributed by atoms with E-state index < -0.39 is 17.5 Å². The van der Waals surface area contributed by atoms with Gasteiger partial charge in [0, 0.05) is 0 Å². The fraction of sp³-hybridized carbons (Fsp3) is 0.357. The van der Waals surface area contributed by atoms with E-state index in [0.29, 0.717) is 13.0 Å². The quantitative estimate of drug-likeness (QED) is 0.309. The van der Waals surface area contributed by atoms with E-state index in [1.165, 1.54) is 19.1 Å². The van der Waals surface area contributed by atoms with Crippen molar-refractivity contribution in [1.82, 2.24) is 0 Å². The van der Waals surface area contributed by atoms with Crippen LogP contribution in [0.5, 0.6) is 0 Å². The van der Waals surface area contributed by atoms with Gasteiger partial charge in [-0.25, -0.2) is 14.6 Å². The van der Waals surface area contributed by atoms with E-state index in [1.54, 1.807) is 19.1 Å². The minimum atomic E-state index is -1.18. The molecule has 0 bridgehead atoms. The van der Waals surface area contributed by atoms with Crippen molar-refractivity contribution < 1.29 is 14.3 Å². The van der Waals surface area contributed by atoms with Crippen LogP contribution in [0.3, 0.4) is 0 Å². The van der Waals surface area contributed by atoms with Crippen LogP contribution in [-0.2, 0) is 16.1 Å². The Kier molecular flexibility index (Phi) is 5.43. The third-order valence-corrected chi connectivity index (χ3v) is 3.02. The van der Waals surface area contributed by atoms with Gasteiger partial charge >= 0.3 is 11.9 Å². The maximum Gasteiger partial charge on any atom is 0.345 e. The first kappa shape index (κ1) is 16.6. The highest BCUT2D eigenvalue weighted by atomic mass is 16.6. The van der Waals surface area contributed by atoms with E-state index >= 15 is 0 Å². The van der Waals surface area contributed by atoms with E-state index in [-0.39, 0.29) is 11.5 Å². The average Bonchev–Trinajstić information content (AvgIpc) is 2.45. The summed E-state index contributed by atoms with van der Waals surface area (Å²) in [5.74, 6) is -1.50. The molecule has 0 amide bonds. The molecule has 0 unspecified atom stereocenters. The zero-order valence-electron chi connectivity index (χ0n) is 12.1. The minimum absolute atomic E-state index is 0.00844. The summed E-state index contributed by atoms with van der Waals surface area (Å²) >= 11 is 0. The summed E-state index contributed by atoms with van der Waals surface area (Å²) < 4.78 is 4.76. The Labute approximate surface area is 123 Å². The summed E-state index contributed by atoms with van der Waals surface area (Å²) in [6, 6.07) is 6.42. The lowest BCUT2D eigenvalue weighted by molar-refractivity contribution is -0.143. The van der Waals surface area contributed by atoms with E-state index in [0.717, 1.165) is 5.56 Å². The van der Waals surface area contributed by atoms with Crippen molar-refractivity contribution in [2.75, 3.05) is 0 Å². The van der Waals surface area contributed by atoms with Crippen molar-refractivity contribution in [3.63, 3.8) is 0 Å². The Hall–Kier alpha value is -2.41. The highest BCUT2D eigenvalue weighted by molar-refractivity contribution is 5.99. The van der Waals surface area contributed by atoms with Crippen LogP contribution >= 0.6 is 0 Å². The fourth-order valence-electron chi connectivity index (χ4n) is 1.33. The Morgan fingerprint density at radius 2 is 1.81 bits per heavy atom. The topological polar surface area (TPSA) is 134 Å². The summed E-state index contributed by atoms with van der Waals surface area (Å²) in [5, 5.41) is 0. The lowest BCUT2D eigenvalue weighted by atomic mass is 10.0. The molecule has 6 N–H and O–H groups in total. The van der Waals surface area contributed by atoms with E-state index in [4.69, 9.17) is 21.9 Å². The van der Waals surface area contributed by atoms with Crippen LogP contribution in [0, 0.1) is 0 Å². The second kappa shape index (κ2) is 6.85. The van der Waals surface area contributed by atoms with Crippen molar-refractivity contribution in [3.05, 3.63) is 35.4 Å². The van der Waals surface area contributed by atoms with Crippen LogP contribution in [0.15, 0.2) is 29.3 Å². The van der Waals surface area contributed by atoms with Gasteiger partial charge in [0.25, 0.3) is 0 Å². The number of guanidine groups is 1. The number of rotatable bonds is 5. The van der Waals surface area contributed by atoms with Crippen LogP contribution in [0.25, 0.3) is 0 Å². The molecule has 0 fully saturated rings. The highest BCUT2D eigenvalue weighted by Gasteiger charge is 2.30. The van der Waals surface area contributed by atoms with Crippen molar-refractivity contribution >= 4 is 17.9 Å². The summed E-state index contributed by atoms with van der Waals surface area (Å²) in [6.45, 7) is 3.57. The third-order valence-electron chi connectivity index (χ3n) is 3.02. The molecule has 1 rings (SSSR count). The molecule has 0 saturated carbocycles. The Balaban J connectivity index is 2.72. The number of esters is 2. The van der Waals surface area contributed by atoms with Crippen LogP contribution in [0.1, 0.15) is 36.2 Å². The Morgan fingerprint density at radius 1 is 1.24 bits per heavy atom. The number of nitrogens with zero attached hydrogens (tertiary/aromatic N) is 1. The number of aliphatic imine (C=N–C) groups is 1. The second-order valence-corrected chi connectivity index (χ2v) is 4.89. The largest absolute Gasteiger partial charge is 0.388 e. The molecule has 21 heavy (non-hydrogen) atoms. The summed E-state index contributed by atoms with van der Waals surface area (Å²) in [7, 11) is 0. The number of ether oxygens (including phenoxy) is 1. The Morgan fingerprint density at radius 3 is 2.29 bits per heavy atom. The van der Waals surface area contributed by atoms with Crippen LogP contribution in [0.2, 0.25) is 0 Å². The first-order chi connectivity index (χ1) is 9.76. The third kappa shape index (κ3) is 4.88. The molecule has 0 aliphatic heterocycles. The molecule has 1 aromatic carbocycles. The molecule has 0 spiro atoms. The predicted molar refractivity (Wildman–Crippen MR) is 79.3 cm³/mol. The number of hydrogen-bond donors (Lipinski definition) is 3. The van der Waals surface area contributed by atoms with Gasteiger partial charge < -0.3 is 21.9 Å². The number of carbonyl (C=O) groups is 2. The molecule has 0 radical (unpaired) electrons. The molecule has 0 aliphatic carbocycles. The predicted octanol–water partition coefficient (Wildman–Crippen LogP) is 0.271. The Bertz CT molecular complexity index is 546. The van der Waals surface area contributed by atoms with Crippen molar-refractivity contribution in [3.8, 4) is 0 Å². The molecular weight excluding hydrogens is 272 g/mol. The van der Waals surface area contributed by atoms with E-state index in [9.17, 15) is 9.59 Å². The van der Waals surface area contributed by atoms with Gasteiger partial charge in [-0.3, -0.25) is 0 Å². The number of carbonyl (C=O) groups excluding carboxylic acids is 2. The van der Waals surface area contributed by atoms with E-state index in [1.807, 2.05) is 0 Å². The van der Waals surface area contributed by atoms with Crippen LogP contribution in [0.4, 0.5) is 0 Å². The summed E-state index contributed by atoms with van der Waals surface area (Å²) in [4.78, 5) is 27.4. The molecule has 0 aromatic heterocycles. The maximum absolute atomic E-state index is 11.8. The molecule has 114 valence electrons. The second-order valence-electron chi connectivity index (χ2n) is 4.89. The number of benzene rings is 1. The first-order valence-corrected chi connectivity index (χ1v) is 6.46. The number of hydrogen-bond acceptors (Lipinski definition) is 5. The SMILES string of the molecule is CC[C@](C)(N)C(=O)OC(=O)c1ccc(CN=C(N)N)cc1. The lowest BCUT2D eigenvalue weighted by Crippen LogP contribution is -2.46. The van der Waals surface area contributed by atoms with Gasteiger partial charge in [-0.1, -0.05) is 19.1 Å². The molecule has 7 heteroatoms. The molecule has 0 saturated heterocycles. The van der Waals surface area contributed by atoms with Gasteiger partial charge in [-0.2, -0.15) is 0 Å². The monoisotopic (exact) mass is 292 g/mol. The van der Waals surface area contributed by atoms with Gasteiger partial charge in [0.1, 0.15) is 5.54 Å². The normalized spacial score (nSPS) is 13.1. The molecule has 7 nitrogen and oxygen atoms in total. The molecule has 1 aromatic rings. The highest BCUT2D eigenvalue weighted by Crippen LogP contribution is 2.11. The van der Waals surface area contributed by atoms with Crippen molar-refractivity contribution in [1.29, 1.82) is 0 Å². The van der Waals surface area contributed by atoms with Crippen LogP contribution in [-0.4, -0.2) is 23.4 Å². The summed E-state index contributed by atoms with van der Waals surface area (Å²) in [5.41, 5.74) is 16.1. The first-order valence-electron chi connectivity index (χ1n) is 6.46. The zero-order chi connectivity index (χ0) is 16.0. The molecule has 1 atom stereocenters. The maximum atomic E-state index is 11.8. The van der Waals surface area contributed by atoms with Gasteiger partial charge in [-0.15, -0.1) is 0 Å². The van der Waals surface area contributed by atoms with Gasteiger partial charge in [0.05, 0.1) is 12.1 Å². The van der Waals surface area contributed by atoms with Crippen molar-refractivity contribution in [2.45, 2.75) is 32.4 Å². The van der Waals surface area contributed by atoms with Gasteiger partial charge in [0.15, 0.2) is 5.96 Å². The molecular formula is C14H20N4O3. The zero-order valence-corrected chi connectivity index (χ0v) is 12.1. The van der Waals surface area contributed by atoms with Gasteiger partial charge in [0.2, 0.25) is 0 Å². The molecule has 0 heterocycles. The summed E-state index contributed by atoms with van der Waals surface area (Å²) in [6.07, 6.45) is 0.372. The number of nitrogens with two attached hydrogens (primary N) is 3. The van der Waals surface area contributed by atoms with Gasteiger partial charge in [-0.05, 0) is 31.0 Å². The molecule has 0 aliphatic rings. The average molecular weight is 292 g/mol. The minimum Gasteiger partial charge on any atom is -0.388 e. The lowest BCUT2D eigenvalue weighted by Gasteiger charge is -2.19. The standard InChI is InChI=1S/C14H20N4O3/c1-3-14(2,17)12(20)21-11(19)10-6-4-9(5-7-10)8-18-13(15)16/h4-7H,3,8,17H2,1-2H3,(H4,15,16,18)/t14-/m0/s1. The van der Waals surface area contributed by atoms with Crippen molar-refractivity contribution in [2.24, 2.45) is 22.2 Å². The fourth-order valence-corrected chi connectivity index (χ4v) is 1.33.